The molecule has 1 aliphatic rings. The van der Waals surface area contributed by atoms with Crippen molar-refractivity contribution in [2.24, 2.45) is 0 Å². The van der Waals surface area contributed by atoms with Crippen LogP contribution in [0.15, 0.2) is 0 Å². The number of nitrogens with one attached hydrogen (secondary N) is 1. The molecule has 7 nitrogen and oxygen atoms in total. The van der Waals surface area contributed by atoms with E-state index in [1.807, 2.05) is 18.8 Å². The van der Waals surface area contributed by atoms with Crippen molar-refractivity contribution in [1.82, 2.24) is 25.2 Å². The summed E-state index contributed by atoms with van der Waals surface area (Å²) in [5.41, 5.74) is 1.21. The number of ether oxygens (including phenoxy) is 1. The second kappa shape index (κ2) is 6.81. The maximum atomic E-state index is 11.8. The van der Waals surface area contributed by atoms with Gasteiger partial charge in [0.25, 0.3) is 0 Å². The Morgan fingerprint density at radius 1 is 1.55 bits per heavy atom. The zero-order chi connectivity index (χ0) is 14.5. The summed E-state index contributed by atoms with van der Waals surface area (Å²) in [5.74, 6) is -0.410. The fourth-order valence-electron chi connectivity index (χ4n) is 2.53. The Morgan fingerprint density at radius 2 is 2.35 bits per heavy atom. The Morgan fingerprint density at radius 3 is 2.95 bits per heavy atom. The van der Waals surface area contributed by atoms with Gasteiger partial charge in [-0.2, -0.15) is 0 Å². The van der Waals surface area contributed by atoms with E-state index in [-0.39, 0.29) is 6.04 Å². The smallest absolute Gasteiger partial charge is 0.360 e. The minimum atomic E-state index is -0.410. The molecule has 1 N–H and O–H groups in total. The first-order valence-corrected chi connectivity index (χ1v) is 7.03. The van der Waals surface area contributed by atoms with Crippen LogP contribution in [0.3, 0.4) is 0 Å². The Hall–Kier alpha value is -1.47. The molecule has 0 spiro atoms. The molecule has 0 amide bonds. The van der Waals surface area contributed by atoms with E-state index in [1.54, 1.807) is 0 Å². The number of hydrogen-bond acceptors (Lipinski definition) is 6. The van der Waals surface area contributed by atoms with Gasteiger partial charge in [-0.1, -0.05) is 5.21 Å². The molecule has 1 aromatic heterocycles. The number of methoxy groups -OCH3 is 1. The molecule has 0 radical (unpaired) electrons. The van der Waals surface area contributed by atoms with Gasteiger partial charge in [0.05, 0.1) is 18.8 Å². The van der Waals surface area contributed by atoms with Crippen molar-refractivity contribution in [1.29, 1.82) is 0 Å². The van der Waals surface area contributed by atoms with Crippen LogP contribution >= 0.6 is 0 Å². The maximum absolute atomic E-state index is 11.8. The Balaban J connectivity index is 2.17. The molecule has 0 bridgehead atoms. The normalized spacial score (nSPS) is 18.7. The summed E-state index contributed by atoms with van der Waals surface area (Å²) in [7, 11) is 5.46. The molecule has 2 heterocycles. The third kappa shape index (κ3) is 3.34. The standard InChI is InChI=1S/C13H23N5O2/c1-17(2)8-5-9-18-12(10-6-4-7-14-10)11(15-16-18)13(19)20-3/h10,14H,4-9H2,1-3H3. The predicted molar refractivity (Wildman–Crippen MR) is 74.5 cm³/mol. The third-order valence-electron chi connectivity index (χ3n) is 3.52. The summed E-state index contributed by atoms with van der Waals surface area (Å²) < 4.78 is 6.65. The van der Waals surface area contributed by atoms with E-state index >= 15 is 0 Å². The SMILES string of the molecule is COC(=O)c1nnn(CCCN(C)C)c1C1CCCN1. The zero-order valence-corrected chi connectivity index (χ0v) is 12.4. The molecule has 1 aromatic rings. The lowest BCUT2D eigenvalue weighted by Crippen LogP contribution is -2.22. The number of aromatic nitrogens is 3. The zero-order valence-electron chi connectivity index (χ0n) is 12.4. The fraction of sp³-hybridized carbons (Fsp3) is 0.769. The monoisotopic (exact) mass is 281 g/mol. The molecular weight excluding hydrogens is 258 g/mol. The van der Waals surface area contributed by atoms with Gasteiger partial charge < -0.3 is 15.0 Å². The molecule has 1 saturated heterocycles. The maximum Gasteiger partial charge on any atom is 0.360 e. The van der Waals surface area contributed by atoms with E-state index in [9.17, 15) is 4.79 Å². The van der Waals surface area contributed by atoms with E-state index < -0.39 is 5.97 Å². The highest BCUT2D eigenvalue weighted by Gasteiger charge is 2.28. The van der Waals surface area contributed by atoms with Crippen molar-refractivity contribution in [2.75, 3.05) is 34.3 Å². The average molecular weight is 281 g/mol. The number of esters is 1. The first-order chi connectivity index (χ1) is 9.63. The fourth-order valence-corrected chi connectivity index (χ4v) is 2.53. The van der Waals surface area contributed by atoms with Crippen LogP contribution in [-0.2, 0) is 11.3 Å². The van der Waals surface area contributed by atoms with E-state index in [2.05, 4.69) is 20.5 Å². The highest BCUT2D eigenvalue weighted by Crippen LogP contribution is 2.25. The summed E-state index contributed by atoms with van der Waals surface area (Å²) in [6, 6.07) is 0.151. The lowest BCUT2D eigenvalue weighted by molar-refractivity contribution is 0.0591. The summed E-state index contributed by atoms with van der Waals surface area (Å²) >= 11 is 0. The van der Waals surface area contributed by atoms with Crippen molar-refractivity contribution in [3.05, 3.63) is 11.4 Å². The minimum absolute atomic E-state index is 0.151. The van der Waals surface area contributed by atoms with Gasteiger partial charge in [0, 0.05) is 6.54 Å². The molecule has 0 saturated carbocycles. The van der Waals surface area contributed by atoms with Crippen molar-refractivity contribution in [3.63, 3.8) is 0 Å². The molecule has 112 valence electrons. The van der Waals surface area contributed by atoms with Crippen LogP contribution < -0.4 is 5.32 Å². The molecule has 20 heavy (non-hydrogen) atoms. The average Bonchev–Trinajstić information content (AvgIpc) is 3.05. The first kappa shape index (κ1) is 14.9. The van der Waals surface area contributed by atoms with Crippen LogP contribution in [0.4, 0.5) is 0 Å². The van der Waals surface area contributed by atoms with Crippen LogP contribution in [0.5, 0.6) is 0 Å². The van der Waals surface area contributed by atoms with E-state index in [0.29, 0.717) is 5.69 Å². The second-order valence-corrected chi connectivity index (χ2v) is 5.34. The predicted octanol–water partition coefficient (Wildman–Crippen LogP) is 0.441. The highest BCUT2D eigenvalue weighted by atomic mass is 16.5. The minimum Gasteiger partial charge on any atom is -0.464 e. The Labute approximate surface area is 119 Å². The van der Waals surface area contributed by atoms with Crippen LogP contribution in [-0.4, -0.2) is 60.2 Å². The third-order valence-corrected chi connectivity index (χ3v) is 3.52. The molecule has 1 unspecified atom stereocenters. The molecule has 7 heteroatoms. The van der Waals surface area contributed by atoms with Gasteiger partial charge in [0.1, 0.15) is 0 Å². The summed E-state index contributed by atoms with van der Waals surface area (Å²) in [6.45, 7) is 2.70. The lowest BCUT2D eigenvalue weighted by atomic mass is 10.1. The van der Waals surface area contributed by atoms with Crippen LogP contribution in [0, 0.1) is 0 Å². The first-order valence-electron chi connectivity index (χ1n) is 7.03. The molecule has 1 fully saturated rings. The topological polar surface area (TPSA) is 72.3 Å². The number of aryl methyl sites for hydroxylation is 1. The van der Waals surface area contributed by atoms with Gasteiger partial charge in [0.15, 0.2) is 5.69 Å². The molecule has 1 aliphatic heterocycles. The largest absolute Gasteiger partial charge is 0.464 e. The highest BCUT2D eigenvalue weighted by molar-refractivity contribution is 5.88. The molecular formula is C13H23N5O2. The summed E-state index contributed by atoms with van der Waals surface area (Å²) in [4.78, 5) is 13.9. The number of nitrogens with zero attached hydrogens (tertiary/aromatic N) is 4. The summed E-state index contributed by atoms with van der Waals surface area (Å²) in [6.07, 6.45) is 3.08. The van der Waals surface area contributed by atoms with Gasteiger partial charge in [-0.25, -0.2) is 9.48 Å². The van der Waals surface area contributed by atoms with Crippen LogP contribution in [0.25, 0.3) is 0 Å². The van der Waals surface area contributed by atoms with E-state index in [0.717, 1.165) is 44.6 Å². The number of carbonyl (C=O) groups excluding carboxylic acids is 1. The van der Waals surface area contributed by atoms with Gasteiger partial charge >= 0.3 is 5.97 Å². The van der Waals surface area contributed by atoms with Gasteiger partial charge in [-0.05, 0) is 46.4 Å². The Kier molecular flexibility index (Phi) is 5.08. The van der Waals surface area contributed by atoms with E-state index in [1.165, 1.54) is 7.11 Å². The van der Waals surface area contributed by atoms with Crippen LogP contribution in [0.2, 0.25) is 0 Å². The van der Waals surface area contributed by atoms with Gasteiger partial charge in [0.2, 0.25) is 0 Å². The quantitative estimate of drug-likeness (QED) is 0.763. The summed E-state index contributed by atoms with van der Waals surface area (Å²) in [5, 5.41) is 11.5. The van der Waals surface area contributed by atoms with Crippen molar-refractivity contribution in [2.45, 2.75) is 31.8 Å². The van der Waals surface area contributed by atoms with Crippen molar-refractivity contribution >= 4 is 5.97 Å². The van der Waals surface area contributed by atoms with Gasteiger partial charge in [-0.3, -0.25) is 0 Å². The van der Waals surface area contributed by atoms with E-state index in [4.69, 9.17) is 4.74 Å². The number of rotatable bonds is 6. The van der Waals surface area contributed by atoms with Gasteiger partial charge in [-0.15, -0.1) is 5.10 Å². The van der Waals surface area contributed by atoms with Crippen molar-refractivity contribution < 1.29 is 9.53 Å². The van der Waals surface area contributed by atoms with Crippen molar-refractivity contribution in [3.8, 4) is 0 Å². The Bertz CT molecular complexity index is 452. The molecule has 0 aromatic carbocycles. The lowest BCUT2D eigenvalue weighted by Gasteiger charge is -2.15. The number of carbonyl (C=O) groups is 1. The molecule has 2 rings (SSSR count). The number of hydrogen-bond donors (Lipinski definition) is 1. The molecule has 1 atom stereocenters. The van der Waals surface area contributed by atoms with Crippen LogP contribution in [0.1, 0.15) is 41.5 Å². The second-order valence-electron chi connectivity index (χ2n) is 5.34. The molecule has 0 aliphatic carbocycles.